The van der Waals surface area contributed by atoms with Gasteiger partial charge in [0.1, 0.15) is 18.2 Å². The van der Waals surface area contributed by atoms with Crippen molar-refractivity contribution in [3.63, 3.8) is 0 Å². The third-order valence-corrected chi connectivity index (χ3v) is 4.84. The maximum Gasteiger partial charge on any atom is 0.222 e. The molecule has 1 aliphatic rings. The minimum atomic E-state index is -0.263. The van der Waals surface area contributed by atoms with Gasteiger partial charge < -0.3 is 19.5 Å². The Kier molecular flexibility index (Phi) is 7.21. The molecule has 2 aromatic rings. The molecule has 0 aliphatic carbocycles. The molecule has 1 aromatic heterocycles. The summed E-state index contributed by atoms with van der Waals surface area (Å²) in [5, 5.41) is 3.36. The Balaban J connectivity index is 1.29. The quantitative estimate of drug-likeness (QED) is 0.614. The number of carbonyl (C=O) groups excluding carboxylic acids is 1. The van der Waals surface area contributed by atoms with Crippen LogP contribution >= 0.6 is 0 Å². The highest BCUT2D eigenvalue weighted by atomic mass is 19.1. The standard InChI is InChI=1S/C20H27FN4O2/c21-17-2-5-19(6-3-17)27-15-11-22-9-8-18-4-7-20(26)25(18)13-1-12-24-14-10-23-16-24/h2-3,5-6,10,14,16,18,22H,1,4,7-9,11-13,15H2/t18-/m1/s1. The number of aromatic nitrogens is 2. The number of amides is 1. The van der Waals surface area contributed by atoms with Gasteiger partial charge in [-0.2, -0.15) is 0 Å². The van der Waals surface area contributed by atoms with Gasteiger partial charge in [-0.1, -0.05) is 0 Å². The first-order chi connectivity index (χ1) is 13.2. The van der Waals surface area contributed by atoms with Crippen molar-refractivity contribution in [3.05, 3.63) is 48.8 Å². The molecule has 1 fully saturated rings. The Morgan fingerprint density at radius 2 is 2.07 bits per heavy atom. The van der Waals surface area contributed by atoms with Crippen LogP contribution < -0.4 is 10.1 Å². The molecule has 1 aliphatic heterocycles. The first-order valence-corrected chi connectivity index (χ1v) is 9.56. The zero-order valence-corrected chi connectivity index (χ0v) is 15.5. The monoisotopic (exact) mass is 374 g/mol. The van der Waals surface area contributed by atoms with E-state index in [1.165, 1.54) is 12.1 Å². The molecule has 1 aromatic carbocycles. The first-order valence-electron chi connectivity index (χ1n) is 9.56. The first kappa shape index (κ1) is 19.4. The molecular formula is C20H27FN4O2. The zero-order chi connectivity index (χ0) is 18.9. The van der Waals surface area contributed by atoms with Gasteiger partial charge in [0.15, 0.2) is 0 Å². The Bertz CT molecular complexity index is 691. The molecule has 0 spiro atoms. The smallest absolute Gasteiger partial charge is 0.222 e. The molecule has 27 heavy (non-hydrogen) atoms. The third kappa shape index (κ3) is 6.06. The number of imidazole rings is 1. The number of rotatable bonds is 11. The van der Waals surface area contributed by atoms with Gasteiger partial charge in [0, 0.05) is 44.5 Å². The van der Waals surface area contributed by atoms with Crippen LogP contribution in [-0.2, 0) is 11.3 Å². The van der Waals surface area contributed by atoms with Gasteiger partial charge in [-0.15, -0.1) is 0 Å². The number of benzene rings is 1. The second kappa shape index (κ2) is 10.1. The molecule has 0 bridgehead atoms. The van der Waals surface area contributed by atoms with Gasteiger partial charge in [0.2, 0.25) is 5.91 Å². The minimum absolute atomic E-state index is 0.263. The van der Waals surface area contributed by atoms with E-state index in [4.69, 9.17) is 4.74 Å². The van der Waals surface area contributed by atoms with Crippen molar-refractivity contribution in [2.24, 2.45) is 0 Å². The van der Waals surface area contributed by atoms with E-state index in [9.17, 15) is 9.18 Å². The number of ether oxygens (including phenoxy) is 1. The Hall–Kier alpha value is -2.41. The van der Waals surface area contributed by atoms with Crippen LogP contribution in [-0.4, -0.2) is 52.6 Å². The van der Waals surface area contributed by atoms with Crippen LogP contribution in [0.1, 0.15) is 25.7 Å². The molecule has 6 nitrogen and oxygen atoms in total. The number of nitrogens with one attached hydrogen (secondary N) is 1. The fourth-order valence-corrected chi connectivity index (χ4v) is 3.41. The average molecular weight is 374 g/mol. The molecule has 0 unspecified atom stereocenters. The van der Waals surface area contributed by atoms with Gasteiger partial charge in [-0.25, -0.2) is 9.37 Å². The molecule has 7 heteroatoms. The van der Waals surface area contributed by atoms with E-state index < -0.39 is 0 Å². The Labute approximate surface area is 159 Å². The summed E-state index contributed by atoms with van der Waals surface area (Å²) in [4.78, 5) is 18.2. The Morgan fingerprint density at radius 1 is 1.22 bits per heavy atom. The summed E-state index contributed by atoms with van der Waals surface area (Å²) in [6.07, 6.45) is 9.02. The fraction of sp³-hybridized carbons (Fsp3) is 0.500. The van der Waals surface area contributed by atoms with Crippen molar-refractivity contribution in [1.82, 2.24) is 19.8 Å². The maximum atomic E-state index is 12.8. The molecule has 0 radical (unpaired) electrons. The van der Waals surface area contributed by atoms with Gasteiger partial charge >= 0.3 is 0 Å². The van der Waals surface area contributed by atoms with Crippen LogP contribution in [0.5, 0.6) is 5.75 Å². The van der Waals surface area contributed by atoms with E-state index in [0.717, 1.165) is 45.4 Å². The van der Waals surface area contributed by atoms with Crippen LogP contribution in [0, 0.1) is 5.82 Å². The lowest BCUT2D eigenvalue weighted by Gasteiger charge is -2.25. The molecular weight excluding hydrogens is 347 g/mol. The second-order valence-corrected chi connectivity index (χ2v) is 6.77. The normalized spacial score (nSPS) is 16.9. The van der Waals surface area contributed by atoms with Gasteiger partial charge in [0.25, 0.3) is 0 Å². The molecule has 1 saturated heterocycles. The highest BCUT2D eigenvalue weighted by Gasteiger charge is 2.29. The van der Waals surface area contributed by atoms with Crippen molar-refractivity contribution >= 4 is 5.91 Å². The number of halogens is 1. The SMILES string of the molecule is O=C1CC[C@H](CCNCCOc2ccc(F)cc2)N1CCCn1ccnc1. The summed E-state index contributed by atoms with van der Waals surface area (Å²) in [6, 6.07) is 6.36. The van der Waals surface area contributed by atoms with E-state index in [-0.39, 0.29) is 11.7 Å². The average Bonchev–Trinajstić information content (AvgIpc) is 3.31. The molecule has 0 saturated carbocycles. The van der Waals surface area contributed by atoms with Crippen molar-refractivity contribution < 1.29 is 13.9 Å². The summed E-state index contributed by atoms with van der Waals surface area (Å²) in [5.74, 6) is 0.676. The van der Waals surface area contributed by atoms with Crippen molar-refractivity contribution in [2.75, 3.05) is 26.2 Å². The minimum Gasteiger partial charge on any atom is -0.492 e. The molecule has 146 valence electrons. The van der Waals surface area contributed by atoms with Crippen LogP contribution in [0.15, 0.2) is 43.0 Å². The lowest BCUT2D eigenvalue weighted by atomic mass is 10.1. The lowest BCUT2D eigenvalue weighted by molar-refractivity contribution is -0.129. The summed E-state index contributed by atoms with van der Waals surface area (Å²) in [5.41, 5.74) is 0. The molecule has 2 heterocycles. The van der Waals surface area contributed by atoms with E-state index in [1.54, 1.807) is 24.7 Å². The second-order valence-electron chi connectivity index (χ2n) is 6.77. The number of likely N-dealkylation sites (tertiary alicyclic amines) is 1. The topological polar surface area (TPSA) is 59.4 Å². The molecule has 1 amide bonds. The predicted molar refractivity (Wildman–Crippen MR) is 101 cm³/mol. The van der Waals surface area contributed by atoms with Crippen LogP contribution in [0.2, 0.25) is 0 Å². The predicted octanol–water partition coefficient (Wildman–Crippen LogP) is 2.46. The summed E-state index contributed by atoms with van der Waals surface area (Å²) in [6.45, 7) is 3.79. The van der Waals surface area contributed by atoms with E-state index >= 15 is 0 Å². The van der Waals surface area contributed by atoms with Gasteiger partial charge in [-0.05, 0) is 50.1 Å². The maximum absolute atomic E-state index is 12.8. The number of hydrogen-bond donors (Lipinski definition) is 1. The van der Waals surface area contributed by atoms with E-state index in [1.807, 2.05) is 15.7 Å². The Morgan fingerprint density at radius 3 is 2.85 bits per heavy atom. The molecule has 3 rings (SSSR count). The highest BCUT2D eigenvalue weighted by molar-refractivity contribution is 5.78. The lowest BCUT2D eigenvalue weighted by Crippen LogP contribution is -2.36. The van der Waals surface area contributed by atoms with E-state index in [0.29, 0.717) is 24.8 Å². The zero-order valence-electron chi connectivity index (χ0n) is 15.5. The largest absolute Gasteiger partial charge is 0.492 e. The number of carbonyl (C=O) groups is 1. The van der Waals surface area contributed by atoms with Crippen LogP contribution in [0.25, 0.3) is 0 Å². The summed E-state index contributed by atoms with van der Waals surface area (Å²) >= 11 is 0. The van der Waals surface area contributed by atoms with E-state index in [2.05, 4.69) is 10.3 Å². The molecule has 1 atom stereocenters. The van der Waals surface area contributed by atoms with Crippen molar-refractivity contribution in [1.29, 1.82) is 0 Å². The van der Waals surface area contributed by atoms with Crippen molar-refractivity contribution in [2.45, 2.75) is 38.3 Å². The van der Waals surface area contributed by atoms with Crippen molar-refractivity contribution in [3.8, 4) is 5.75 Å². The summed E-state index contributed by atoms with van der Waals surface area (Å²) < 4.78 is 20.4. The third-order valence-electron chi connectivity index (χ3n) is 4.84. The number of hydrogen-bond acceptors (Lipinski definition) is 4. The summed E-state index contributed by atoms with van der Waals surface area (Å²) in [7, 11) is 0. The highest BCUT2D eigenvalue weighted by Crippen LogP contribution is 2.21. The molecule has 1 N–H and O–H groups in total. The fourth-order valence-electron chi connectivity index (χ4n) is 3.41. The van der Waals surface area contributed by atoms with Gasteiger partial charge in [0.05, 0.1) is 6.33 Å². The number of aryl methyl sites for hydroxylation is 1. The number of nitrogens with zero attached hydrogens (tertiary/aromatic N) is 3. The van der Waals surface area contributed by atoms with Crippen LogP contribution in [0.4, 0.5) is 4.39 Å². The van der Waals surface area contributed by atoms with Gasteiger partial charge in [-0.3, -0.25) is 4.79 Å². The van der Waals surface area contributed by atoms with Crippen LogP contribution in [0.3, 0.4) is 0 Å².